The molecule has 4 nitrogen and oxygen atoms in total. The maximum absolute atomic E-state index is 11.7. The highest BCUT2D eigenvalue weighted by Gasteiger charge is 2.39. The minimum atomic E-state index is 0.318. The number of likely N-dealkylation sites (tertiary alicyclic amines) is 2. The third kappa shape index (κ3) is 4.58. The molecule has 0 aliphatic carbocycles. The lowest BCUT2D eigenvalue weighted by Gasteiger charge is -2.46. The highest BCUT2D eigenvalue weighted by atomic mass is 16.5. The Labute approximate surface area is 145 Å². The molecule has 2 heterocycles. The van der Waals surface area contributed by atoms with Crippen LogP contribution in [0, 0.1) is 5.41 Å². The van der Waals surface area contributed by atoms with Crippen LogP contribution in [0.15, 0.2) is 30.3 Å². The molecule has 2 saturated heterocycles. The van der Waals surface area contributed by atoms with Gasteiger partial charge in [0.1, 0.15) is 0 Å². The van der Waals surface area contributed by atoms with Gasteiger partial charge in [-0.2, -0.15) is 0 Å². The molecule has 2 aliphatic heterocycles. The smallest absolute Gasteiger partial charge is 0.222 e. The van der Waals surface area contributed by atoms with E-state index in [2.05, 4.69) is 29.2 Å². The number of nitrogens with zero attached hydrogens (tertiary/aromatic N) is 2. The summed E-state index contributed by atoms with van der Waals surface area (Å²) in [7, 11) is 1.96. The van der Waals surface area contributed by atoms with E-state index >= 15 is 0 Å². The van der Waals surface area contributed by atoms with Gasteiger partial charge in [0.05, 0.1) is 6.61 Å². The topological polar surface area (TPSA) is 32.8 Å². The zero-order valence-corrected chi connectivity index (χ0v) is 14.9. The van der Waals surface area contributed by atoms with E-state index in [1.54, 1.807) is 0 Å². The molecule has 3 rings (SSSR count). The standard InChI is InChI=1S/C20H30N2O2/c1-21-17-20(9-8-19(21)23)10-13-22(14-11-20)12-5-15-24-16-18-6-3-2-4-7-18/h2-4,6-7H,5,8-17H2,1H3. The van der Waals surface area contributed by atoms with Crippen molar-refractivity contribution in [3.8, 4) is 0 Å². The summed E-state index contributed by atoms with van der Waals surface area (Å²) in [4.78, 5) is 16.2. The second-order valence-corrected chi connectivity index (χ2v) is 7.48. The van der Waals surface area contributed by atoms with Crippen molar-refractivity contribution in [3.05, 3.63) is 35.9 Å². The summed E-state index contributed by atoms with van der Waals surface area (Å²) in [6.45, 7) is 5.96. The minimum absolute atomic E-state index is 0.318. The molecule has 2 fully saturated rings. The van der Waals surface area contributed by atoms with E-state index in [1.165, 1.54) is 31.5 Å². The lowest BCUT2D eigenvalue weighted by Crippen LogP contribution is -2.50. The van der Waals surface area contributed by atoms with Gasteiger partial charge in [-0.25, -0.2) is 0 Å². The van der Waals surface area contributed by atoms with Crippen LogP contribution in [-0.2, 0) is 16.1 Å². The largest absolute Gasteiger partial charge is 0.377 e. The minimum Gasteiger partial charge on any atom is -0.377 e. The van der Waals surface area contributed by atoms with Gasteiger partial charge >= 0.3 is 0 Å². The normalized spacial score (nSPS) is 21.4. The lowest BCUT2D eigenvalue weighted by atomic mass is 9.72. The van der Waals surface area contributed by atoms with E-state index < -0.39 is 0 Å². The van der Waals surface area contributed by atoms with Gasteiger partial charge in [0.2, 0.25) is 5.91 Å². The summed E-state index contributed by atoms with van der Waals surface area (Å²) in [5, 5.41) is 0. The number of piperidine rings is 2. The van der Waals surface area contributed by atoms with Crippen molar-refractivity contribution in [2.45, 2.75) is 38.7 Å². The zero-order valence-electron chi connectivity index (χ0n) is 14.9. The second kappa shape index (κ2) is 8.13. The first-order chi connectivity index (χ1) is 11.7. The van der Waals surface area contributed by atoms with Gasteiger partial charge in [-0.3, -0.25) is 4.79 Å². The van der Waals surface area contributed by atoms with Crippen LogP contribution in [0.5, 0.6) is 0 Å². The monoisotopic (exact) mass is 330 g/mol. The molecule has 1 amide bonds. The van der Waals surface area contributed by atoms with Crippen LogP contribution in [0.3, 0.4) is 0 Å². The number of amides is 1. The van der Waals surface area contributed by atoms with Crippen LogP contribution < -0.4 is 0 Å². The second-order valence-electron chi connectivity index (χ2n) is 7.48. The first kappa shape index (κ1) is 17.4. The number of carbonyl (C=O) groups is 1. The Morgan fingerprint density at radius 2 is 1.88 bits per heavy atom. The van der Waals surface area contributed by atoms with Crippen LogP contribution >= 0.6 is 0 Å². The molecular weight excluding hydrogens is 300 g/mol. The number of benzene rings is 1. The Hall–Kier alpha value is -1.39. The number of hydrogen-bond acceptors (Lipinski definition) is 3. The van der Waals surface area contributed by atoms with E-state index in [0.717, 1.165) is 39.0 Å². The highest BCUT2D eigenvalue weighted by molar-refractivity contribution is 5.76. The Morgan fingerprint density at radius 1 is 1.12 bits per heavy atom. The summed E-state index contributed by atoms with van der Waals surface area (Å²) in [5.41, 5.74) is 1.64. The Bertz CT molecular complexity index is 524. The van der Waals surface area contributed by atoms with Gasteiger partial charge in [0.25, 0.3) is 0 Å². The number of carbonyl (C=O) groups excluding carboxylic acids is 1. The van der Waals surface area contributed by atoms with Gasteiger partial charge < -0.3 is 14.5 Å². The van der Waals surface area contributed by atoms with E-state index in [-0.39, 0.29) is 0 Å². The fraction of sp³-hybridized carbons (Fsp3) is 0.650. The predicted molar refractivity (Wildman–Crippen MR) is 95.7 cm³/mol. The molecule has 24 heavy (non-hydrogen) atoms. The molecule has 0 N–H and O–H groups in total. The van der Waals surface area contributed by atoms with Crippen molar-refractivity contribution in [1.82, 2.24) is 9.80 Å². The van der Waals surface area contributed by atoms with Gasteiger partial charge in [-0.1, -0.05) is 30.3 Å². The Balaban J connectivity index is 1.31. The molecule has 0 radical (unpaired) electrons. The molecule has 0 saturated carbocycles. The quantitative estimate of drug-likeness (QED) is 0.752. The molecule has 0 aromatic heterocycles. The van der Waals surface area contributed by atoms with Crippen molar-refractivity contribution in [2.75, 3.05) is 39.8 Å². The van der Waals surface area contributed by atoms with Gasteiger partial charge in [-0.05, 0) is 49.8 Å². The summed E-state index contributed by atoms with van der Waals surface area (Å²) in [6, 6.07) is 10.4. The SMILES string of the molecule is CN1CC2(CCC1=O)CCN(CCCOCc1ccccc1)CC2. The summed E-state index contributed by atoms with van der Waals surface area (Å²) in [5.74, 6) is 0.318. The number of ether oxygens (including phenoxy) is 1. The molecule has 0 bridgehead atoms. The highest BCUT2D eigenvalue weighted by Crippen LogP contribution is 2.39. The lowest BCUT2D eigenvalue weighted by molar-refractivity contribution is -0.137. The third-order valence-electron chi connectivity index (χ3n) is 5.66. The van der Waals surface area contributed by atoms with Crippen molar-refractivity contribution < 1.29 is 9.53 Å². The van der Waals surface area contributed by atoms with Gasteiger partial charge in [0.15, 0.2) is 0 Å². The molecule has 2 aliphatic rings. The van der Waals surface area contributed by atoms with E-state index in [9.17, 15) is 4.79 Å². The molecule has 1 aromatic carbocycles. The fourth-order valence-corrected chi connectivity index (χ4v) is 4.05. The summed E-state index contributed by atoms with van der Waals surface area (Å²) >= 11 is 0. The van der Waals surface area contributed by atoms with Crippen LogP contribution in [-0.4, -0.2) is 55.5 Å². The predicted octanol–water partition coefficient (Wildman–Crippen LogP) is 2.93. The Kier molecular flexibility index (Phi) is 5.90. The average Bonchev–Trinajstić information content (AvgIpc) is 2.61. The van der Waals surface area contributed by atoms with E-state index in [1.807, 2.05) is 18.0 Å². The van der Waals surface area contributed by atoms with Gasteiger partial charge in [0, 0.05) is 33.2 Å². The van der Waals surface area contributed by atoms with Crippen LogP contribution in [0.1, 0.15) is 37.7 Å². The molecular formula is C20H30N2O2. The third-order valence-corrected chi connectivity index (χ3v) is 5.66. The summed E-state index contributed by atoms with van der Waals surface area (Å²) < 4.78 is 5.78. The molecule has 1 aromatic rings. The molecule has 132 valence electrons. The molecule has 1 spiro atoms. The molecule has 4 heteroatoms. The van der Waals surface area contributed by atoms with Crippen LogP contribution in [0.4, 0.5) is 0 Å². The molecule has 0 atom stereocenters. The van der Waals surface area contributed by atoms with Gasteiger partial charge in [-0.15, -0.1) is 0 Å². The zero-order chi connectivity index (χ0) is 16.8. The van der Waals surface area contributed by atoms with Crippen LogP contribution in [0.2, 0.25) is 0 Å². The van der Waals surface area contributed by atoms with E-state index in [4.69, 9.17) is 4.74 Å². The first-order valence-electron chi connectivity index (χ1n) is 9.25. The fourth-order valence-electron chi connectivity index (χ4n) is 4.05. The number of hydrogen-bond donors (Lipinski definition) is 0. The average molecular weight is 330 g/mol. The van der Waals surface area contributed by atoms with E-state index in [0.29, 0.717) is 17.9 Å². The van der Waals surface area contributed by atoms with Crippen molar-refractivity contribution in [3.63, 3.8) is 0 Å². The maximum atomic E-state index is 11.7. The van der Waals surface area contributed by atoms with Crippen molar-refractivity contribution in [1.29, 1.82) is 0 Å². The van der Waals surface area contributed by atoms with Crippen molar-refractivity contribution in [2.24, 2.45) is 5.41 Å². The summed E-state index contributed by atoms with van der Waals surface area (Å²) in [6.07, 6.45) is 5.39. The number of rotatable bonds is 6. The van der Waals surface area contributed by atoms with Crippen molar-refractivity contribution >= 4 is 5.91 Å². The maximum Gasteiger partial charge on any atom is 0.222 e. The first-order valence-corrected chi connectivity index (χ1v) is 9.25. The Morgan fingerprint density at radius 3 is 2.58 bits per heavy atom. The van der Waals surface area contributed by atoms with Crippen LogP contribution in [0.25, 0.3) is 0 Å². The molecule has 0 unspecified atom stereocenters.